The summed E-state index contributed by atoms with van der Waals surface area (Å²) >= 11 is 6.63. The van der Waals surface area contributed by atoms with Crippen molar-refractivity contribution >= 4 is 41.9 Å². The Labute approximate surface area is 136 Å². The highest BCUT2D eigenvalue weighted by Crippen LogP contribution is 2.32. The number of aliphatic hydroxyl groups is 1. The van der Waals surface area contributed by atoms with Crippen LogP contribution in [-0.4, -0.2) is 37.0 Å². The smallest absolute Gasteiger partial charge is 0.244 e. The van der Waals surface area contributed by atoms with Crippen LogP contribution in [0.3, 0.4) is 0 Å². The van der Waals surface area contributed by atoms with Gasteiger partial charge in [0.2, 0.25) is 10.0 Å². The van der Waals surface area contributed by atoms with E-state index in [0.717, 1.165) is 23.7 Å². The first-order valence-corrected chi connectivity index (χ1v) is 9.57. The summed E-state index contributed by atoms with van der Waals surface area (Å²) in [7, 11) is -3.54. The van der Waals surface area contributed by atoms with Gasteiger partial charge in [-0.25, -0.2) is 8.42 Å². The van der Waals surface area contributed by atoms with Crippen LogP contribution in [0.25, 0.3) is 0 Å². The number of sulfonamides is 1. The van der Waals surface area contributed by atoms with Crippen molar-refractivity contribution in [2.75, 3.05) is 13.2 Å². The molecule has 0 saturated carbocycles. The molecule has 1 aromatic rings. The number of hydrogen-bond acceptors (Lipinski definition) is 3. The summed E-state index contributed by atoms with van der Waals surface area (Å²) in [5.74, 6) is 0. The maximum Gasteiger partial charge on any atom is 0.244 e. The van der Waals surface area contributed by atoms with Crippen molar-refractivity contribution in [2.24, 2.45) is 0 Å². The largest absolute Gasteiger partial charge is 0.396 e. The molecule has 1 aliphatic heterocycles. The highest BCUT2D eigenvalue weighted by Gasteiger charge is 2.34. The van der Waals surface area contributed by atoms with E-state index in [0.29, 0.717) is 17.4 Å². The highest BCUT2D eigenvalue weighted by molar-refractivity contribution is 9.11. The highest BCUT2D eigenvalue weighted by atomic mass is 79.9. The van der Waals surface area contributed by atoms with Gasteiger partial charge in [-0.3, -0.25) is 0 Å². The van der Waals surface area contributed by atoms with Crippen molar-refractivity contribution < 1.29 is 13.5 Å². The lowest BCUT2D eigenvalue weighted by Crippen LogP contribution is -2.44. The van der Waals surface area contributed by atoms with E-state index in [4.69, 9.17) is 5.11 Å². The molecule has 1 unspecified atom stereocenters. The molecular weight excluding hydrogens is 410 g/mol. The first-order chi connectivity index (χ1) is 9.46. The van der Waals surface area contributed by atoms with Gasteiger partial charge in [0.15, 0.2) is 0 Å². The van der Waals surface area contributed by atoms with Gasteiger partial charge in [0.1, 0.15) is 0 Å². The SMILES string of the molecule is O=S(=O)(c1cc(Br)ccc1Br)N1CCCCC1CCO. The van der Waals surface area contributed by atoms with Crippen LogP contribution in [0.15, 0.2) is 32.0 Å². The molecule has 0 aliphatic carbocycles. The van der Waals surface area contributed by atoms with Gasteiger partial charge < -0.3 is 5.11 Å². The fourth-order valence-electron chi connectivity index (χ4n) is 2.53. The topological polar surface area (TPSA) is 57.6 Å². The molecule has 0 spiro atoms. The zero-order valence-corrected chi connectivity index (χ0v) is 14.9. The van der Waals surface area contributed by atoms with Gasteiger partial charge in [-0.2, -0.15) is 4.31 Å². The van der Waals surface area contributed by atoms with Crippen molar-refractivity contribution in [3.63, 3.8) is 0 Å². The second-order valence-electron chi connectivity index (χ2n) is 4.85. The van der Waals surface area contributed by atoms with Crippen LogP contribution < -0.4 is 0 Å². The summed E-state index contributed by atoms with van der Waals surface area (Å²) in [6, 6.07) is 5.03. The molecule has 2 rings (SSSR count). The first kappa shape index (κ1) is 16.4. The van der Waals surface area contributed by atoms with Gasteiger partial charge in [0.05, 0.1) is 4.90 Å². The molecule has 4 nitrogen and oxygen atoms in total. The number of rotatable bonds is 4. The summed E-state index contributed by atoms with van der Waals surface area (Å²) in [5, 5.41) is 9.13. The van der Waals surface area contributed by atoms with Crippen LogP contribution in [0.1, 0.15) is 25.7 Å². The first-order valence-electron chi connectivity index (χ1n) is 6.54. The molecule has 7 heteroatoms. The quantitative estimate of drug-likeness (QED) is 0.804. The molecule has 1 saturated heterocycles. The Kier molecular flexibility index (Phi) is 5.64. The predicted octanol–water partition coefficient (Wildman–Crippen LogP) is 3.14. The van der Waals surface area contributed by atoms with E-state index in [2.05, 4.69) is 31.9 Å². The summed E-state index contributed by atoms with van der Waals surface area (Å²) in [4.78, 5) is 0.275. The monoisotopic (exact) mass is 425 g/mol. The molecule has 1 aromatic carbocycles. The zero-order chi connectivity index (χ0) is 14.8. The molecule has 0 aromatic heterocycles. The Morgan fingerprint density at radius 2 is 2.05 bits per heavy atom. The van der Waals surface area contributed by atoms with Gasteiger partial charge in [-0.05, 0) is 53.4 Å². The lowest BCUT2D eigenvalue weighted by atomic mass is 10.0. The van der Waals surface area contributed by atoms with Gasteiger partial charge in [-0.1, -0.05) is 22.4 Å². The van der Waals surface area contributed by atoms with Crippen LogP contribution in [-0.2, 0) is 10.0 Å². The van der Waals surface area contributed by atoms with Crippen molar-refractivity contribution in [3.8, 4) is 0 Å². The second kappa shape index (κ2) is 6.87. The molecule has 112 valence electrons. The maximum absolute atomic E-state index is 12.8. The summed E-state index contributed by atoms with van der Waals surface area (Å²) in [5.41, 5.74) is 0. The zero-order valence-electron chi connectivity index (χ0n) is 10.9. The molecule has 1 atom stereocenters. The summed E-state index contributed by atoms with van der Waals surface area (Å²) < 4.78 is 28.5. The lowest BCUT2D eigenvalue weighted by molar-refractivity contribution is 0.192. The number of piperidine rings is 1. The van der Waals surface area contributed by atoms with Gasteiger partial charge >= 0.3 is 0 Å². The van der Waals surface area contributed by atoms with Crippen LogP contribution in [0, 0.1) is 0 Å². The standard InChI is InChI=1S/C13H17Br2NO3S/c14-10-4-5-12(15)13(9-10)20(18,19)16-7-2-1-3-11(16)6-8-17/h4-5,9,11,17H,1-3,6-8H2. The maximum atomic E-state index is 12.8. The molecule has 20 heavy (non-hydrogen) atoms. The molecule has 0 amide bonds. The van der Waals surface area contributed by atoms with E-state index in [-0.39, 0.29) is 17.5 Å². The minimum atomic E-state index is -3.54. The van der Waals surface area contributed by atoms with E-state index in [1.54, 1.807) is 22.5 Å². The van der Waals surface area contributed by atoms with Crippen molar-refractivity contribution in [3.05, 3.63) is 27.1 Å². The van der Waals surface area contributed by atoms with Crippen LogP contribution >= 0.6 is 31.9 Å². The third-order valence-corrected chi connectivity index (χ3v) is 6.95. The Hall–Kier alpha value is 0.0500. The number of aliphatic hydroxyl groups excluding tert-OH is 1. The number of halogens is 2. The van der Waals surface area contributed by atoms with Crippen LogP contribution in [0.4, 0.5) is 0 Å². The molecule has 1 aliphatic rings. The molecule has 0 bridgehead atoms. The average molecular weight is 427 g/mol. The Morgan fingerprint density at radius 3 is 2.75 bits per heavy atom. The van der Waals surface area contributed by atoms with Crippen molar-refractivity contribution in [1.29, 1.82) is 0 Å². The van der Waals surface area contributed by atoms with Crippen molar-refractivity contribution in [1.82, 2.24) is 4.31 Å². The minimum absolute atomic E-state index is 0.0103. The van der Waals surface area contributed by atoms with E-state index < -0.39 is 10.0 Å². The Morgan fingerprint density at radius 1 is 1.30 bits per heavy atom. The normalized spacial score (nSPS) is 21.1. The second-order valence-corrected chi connectivity index (χ2v) is 8.48. The lowest BCUT2D eigenvalue weighted by Gasteiger charge is -2.34. The van der Waals surface area contributed by atoms with E-state index in [1.807, 2.05) is 0 Å². The molecular formula is C13H17Br2NO3S. The summed E-state index contributed by atoms with van der Waals surface area (Å²) in [6.45, 7) is 0.530. The van der Waals surface area contributed by atoms with Gasteiger partial charge in [-0.15, -0.1) is 0 Å². The molecule has 0 radical (unpaired) electrons. The average Bonchev–Trinajstić information content (AvgIpc) is 2.42. The fourth-order valence-corrected chi connectivity index (χ4v) is 5.72. The van der Waals surface area contributed by atoms with E-state index in [9.17, 15) is 8.42 Å². The number of benzene rings is 1. The van der Waals surface area contributed by atoms with Crippen LogP contribution in [0.2, 0.25) is 0 Å². The molecule has 1 N–H and O–H groups in total. The Balaban J connectivity index is 2.39. The number of hydrogen-bond donors (Lipinski definition) is 1. The fraction of sp³-hybridized carbons (Fsp3) is 0.538. The summed E-state index contributed by atoms with van der Waals surface area (Å²) in [6.07, 6.45) is 3.18. The van der Waals surface area contributed by atoms with Gasteiger partial charge in [0, 0.05) is 28.1 Å². The van der Waals surface area contributed by atoms with Gasteiger partial charge in [0.25, 0.3) is 0 Å². The minimum Gasteiger partial charge on any atom is -0.396 e. The molecule has 1 fully saturated rings. The van der Waals surface area contributed by atoms with E-state index >= 15 is 0 Å². The van der Waals surface area contributed by atoms with Crippen LogP contribution in [0.5, 0.6) is 0 Å². The Bertz CT molecular complexity index is 575. The molecule has 1 heterocycles. The predicted molar refractivity (Wildman–Crippen MR) is 85.1 cm³/mol. The number of nitrogens with zero attached hydrogens (tertiary/aromatic N) is 1. The van der Waals surface area contributed by atoms with Crippen molar-refractivity contribution in [2.45, 2.75) is 36.6 Å². The van der Waals surface area contributed by atoms with E-state index in [1.165, 1.54) is 0 Å². The third-order valence-electron chi connectivity index (χ3n) is 3.52. The third kappa shape index (κ3) is 3.44.